The second kappa shape index (κ2) is 9.73. The van der Waals surface area contributed by atoms with Crippen molar-refractivity contribution in [3.05, 3.63) is 91.0 Å². The summed E-state index contributed by atoms with van der Waals surface area (Å²) in [6, 6.07) is 29.2. The number of hydrogen-bond donors (Lipinski definition) is 0. The van der Waals surface area contributed by atoms with Crippen LogP contribution in [0.25, 0.3) is 0 Å². The van der Waals surface area contributed by atoms with Gasteiger partial charge in [0.2, 0.25) is 0 Å². The van der Waals surface area contributed by atoms with E-state index in [1.54, 1.807) is 0 Å². The number of hydrogen-bond acceptors (Lipinski definition) is 3. The van der Waals surface area contributed by atoms with Crippen LogP contribution in [0, 0.1) is 0 Å². The fourth-order valence-corrected chi connectivity index (χ4v) is 8.08. The van der Waals surface area contributed by atoms with Gasteiger partial charge in [-0.2, -0.15) is 0 Å². The molecule has 0 aliphatic carbocycles. The van der Waals surface area contributed by atoms with Crippen LogP contribution in [-0.2, 0) is 14.3 Å². The summed E-state index contributed by atoms with van der Waals surface area (Å²) in [7, 11) is 1.31. The first-order chi connectivity index (χ1) is 14.2. The average Bonchev–Trinajstić information content (AvgIpc) is 2.79. The van der Waals surface area contributed by atoms with Gasteiger partial charge in [0.25, 0.3) is 0 Å². The molecule has 0 saturated carbocycles. The smallest absolute Gasteiger partial charge is 0.342 e. The lowest BCUT2D eigenvalue weighted by Crippen LogP contribution is -2.38. The van der Waals surface area contributed by atoms with Crippen molar-refractivity contribution >= 4 is 51.4 Å². The molecule has 0 bridgehead atoms. The summed E-state index contributed by atoms with van der Waals surface area (Å²) in [5.41, 5.74) is 0. The SMILES string of the molecule is COC(=O)C(C(=O)CCCl)=P(c1ccccc1)(c1ccccc1)c1ccccc1. The predicted molar refractivity (Wildman–Crippen MR) is 123 cm³/mol. The first-order valence-corrected chi connectivity index (χ1v) is 11.6. The van der Waals surface area contributed by atoms with Gasteiger partial charge < -0.3 is 4.74 Å². The highest BCUT2D eigenvalue weighted by atomic mass is 35.5. The molecule has 0 unspecified atom stereocenters. The van der Waals surface area contributed by atoms with Gasteiger partial charge in [-0.15, -0.1) is 11.6 Å². The number of Topliss-reactive ketones (excluding diaryl/α,β-unsaturated/α-hetero) is 1. The van der Waals surface area contributed by atoms with Crippen molar-refractivity contribution in [3.8, 4) is 0 Å². The molecular formula is C24H22ClO3P. The van der Waals surface area contributed by atoms with E-state index in [1.807, 2.05) is 91.0 Å². The molecule has 0 saturated heterocycles. The Bertz CT molecular complexity index is 928. The van der Waals surface area contributed by atoms with E-state index in [2.05, 4.69) is 0 Å². The van der Waals surface area contributed by atoms with E-state index in [-0.39, 0.29) is 23.4 Å². The fraction of sp³-hybridized carbons (Fsp3) is 0.125. The zero-order valence-corrected chi connectivity index (χ0v) is 17.8. The molecule has 3 nitrogen and oxygen atoms in total. The first-order valence-electron chi connectivity index (χ1n) is 9.27. The van der Waals surface area contributed by atoms with Crippen molar-refractivity contribution < 1.29 is 14.3 Å². The van der Waals surface area contributed by atoms with E-state index in [1.165, 1.54) is 7.11 Å². The molecule has 3 rings (SSSR count). The van der Waals surface area contributed by atoms with Crippen LogP contribution in [0.1, 0.15) is 6.42 Å². The van der Waals surface area contributed by atoms with Crippen LogP contribution < -0.4 is 15.9 Å². The number of rotatable bonds is 7. The van der Waals surface area contributed by atoms with E-state index in [4.69, 9.17) is 16.3 Å². The highest BCUT2D eigenvalue weighted by Gasteiger charge is 2.36. The molecule has 148 valence electrons. The minimum Gasteiger partial charge on any atom is -0.465 e. The second-order valence-corrected chi connectivity index (χ2v) is 10.1. The number of benzene rings is 3. The zero-order chi connectivity index (χ0) is 20.7. The van der Waals surface area contributed by atoms with Crippen LogP contribution in [-0.4, -0.2) is 30.0 Å². The third-order valence-corrected chi connectivity index (χ3v) is 9.24. The van der Waals surface area contributed by atoms with Gasteiger partial charge in [0, 0.05) is 12.3 Å². The molecule has 0 aliphatic rings. The maximum atomic E-state index is 13.3. The molecule has 0 N–H and O–H groups in total. The van der Waals surface area contributed by atoms with Crippen molar-refractivity contribution in [1.29, 1.82) is 0 Å². The molecule has 0 spiro atoms. The van der Waals surface area contributed by atoms with Crippen LogP contribution in [0.5, 0.6) is 0 Å². The number of methoxy groups -OCH3 is 1. The van der Waals surface area contributed by atoms with Gasteiger partial charge in [0.1, 0.15) is 5.29 Å². The number of carbonyl (C=O) groups excluding carboxylic acids is 2. The Morgan fingerprint density at radius 2 is 1.14 bits per heavy atom. The minimum absolute atomic E-state index is 0.0697. The summed E-state index contributed by atoms with van der Waals surface area (Å²) in [5, 5.41) is 2.92. The summed E-state index contributed by atoms with van der Waals surface area (Å²) >= 11 is 5.90. The average molecular weight is 425 g/mol. The van der Waals surface area contributed by atoms with E-state index in [0.29, 0.717) is 0 Å². The Kier molecular flexibility index (Phi) is 7.09. The van der Waals surface area contributed by atoms with Gasteiger partial charge in [-0.3, -0.25) is 4.79 Å². The van der Waals surface area contributed by atoms with Gasteiger partial charge >= 0.3 is 5.97 Å². The summed E-state index contributed by atoms with van der Waals surface area (Å²) < 4.78 is 5.14. The maximum absolute atomic E-state index is 13.3. The van der Waals surface area contributed by atoms with Crippen LogP contribution in [0.15, 0.2) is 91.0 Å². The lowest BCUT2D eigenvalue weighted by atomic mass is 10.2. The van der Waals surface area contributed by atoms with Gasteiger partial charge in [0.15, 0.2) is 5.78 Å². The van der Waals surface area contributed by atoms with E-state index in [9.17, 15) is 9.59 Å². The molecule has 0 heterocycles. The number of ketones is 1. The molecule has 5 heteroatoms. The van der Waals surface area contributed by atoms with Crippen molar-refractivity contribution in [2.45, 2.75) is 6.42 Å². The molecule has 0 aromatic heterocycles. The highest BCUT2D eigenvalue weighted by molar-refractivity contribution is 7.97. The number of carbonyl (C=O) groups is 2. The Hall–Kier alpha value is -2.61. The van der Waals surface area contributed by atoms with Gasteiger partial charge in [-0.05, 0) is 22.8 Å². The predicted octanol–water partition coefficient (Wildman–Crippen LogP) is 3.52. The third kappa shape index (κ3) is 4.07. The van der Waals surface area contributed by atoms with E-state index >= 15 is 0 Å². The van der Waals surface area contributed by atoms with Crippen LogP contribution in [0.2, 0.25) is 0 Å². The van der Waals surface area contributed by atoms with E-state index < -0.39 is 12.9 Å². The summed E-state index contributed by atoms with van der Waals surface area (Å²) in [6.45, 7) is -2.79. The quantitative estimate of drug-likeness (QED) is 0.252. The molecule has 3 aromatic rings. The molecule has 0 atom stereocenters. The zero-order valence-electron chi connectivity index (χ0n) is 16.1. The molecule has 0 aliphatic heterocycles. The highest BCUT2D eigenvalue weighted by Crippen LogP contribution is 2.46. The molecular weight excluding hydrogens is 403 g/mol. The summed E-state index contributed by atoms with van der Waals surface area (Å²) in [6.07, 6.45) is 0.0697. The monoisotopic (exact) mass is 424 g/mol. The first kappa shape index (κ1) is 21.1. The second-order valence-electron chi connectivity index (χ2n) is 6.38. The number of halogens is 1. The number of ether oxygens (including phenoxy) is 1. The number of esters is 1. The van der Waals surface area contributed by atoms with Crippen molar-refractivity contribution in [2.24, 2.45) is 0 Å². The number of alkyl halides is 1. The Morgan fingerprint density at radius 1 is 0.759 bits per heavy atom. The third-order valence-electron chi connectivity index (χ3n) is 4.73. The lowest BCUT2D eigenvalue weighted by Gasteiger charge is -2.31. The minimum atomic E-state index is -2.79. The van der Waals surface area contributed by atoms with Crippen molar-refractivity contribution in [1.82, 2.24) is 0 Å². The molecule has 29 heavy (non-hydrogen) atoms. The van der Waals surface area contributed by atoms with Crippen LogP contribution in [0.3, 0.4) is 0 Å². The summed E-state index contributed by atoms with van der Waals surface area (Å²) in [5.74, 6) is -0.751. The largest absolute Gasteiger partial charge is 0.465 e. The van der Waals surface area contributed by atoms with Crippen molar-refractivity contribution in [3.63, 3.8) is 0 Å². The molecule has 0 amide bonds. The Balaban J connectivity index is 2.61. The van der Waals surface area contributed by atoms with E-state index in [0.717, 1.165) is 15.9 Å². The van der Waals surface area contributed by atoms with Gasteiger partial charge in [0.05, 0.1) is 7.11 Å². The van der Waals surface area contributed by atoms with Crippen LogP contribution in [0.4, 0.5) is 0 Å². The van der Waals surface area contributed by atoms with Crippen LogP contribution >= 0.6 is 18.5 Å². The Labute approximate surface area is 176 Å². The maximum Gasteiger partial charge on any atom is 0.342 e. The lowest BCUT2D eigenvalue weighted by molar-refractivity contribution is -0.133. The molecule has 0 fully saturated rings. The van der Waals surface area contributed by atoms with Gasteiger partial charge in [-0.1, -0.05) is 91.0 Å². The fourth-order valence-electron chi connectivity index (χ4n) is 3.53. The molecule has 0 radical (unpaired) electrons. The topological polar surface area (TPSA) is 43.4 Å². The van der Waals surface area contributed by atoms with Gasteiger partial charge in [-0.25, -0.2) is 4.79 Å². The van der Waals surface area contributed by atoms with Crippen molar-refractivity contribution in [2.75, 3.05) is 13.0 Å². The summed E-state index contributed by atoms with van der Waals surface area (Å²) in [4.78, 5) is 26.4. The Morgan fingerprint density at radius 3 is 1.45 bits per heavy atom. The molecule has 3 aromatic carbocycles. The normalized spacial score (nSPS) is 11.0. The standard InChI is InChI=1S/C24H22ClO3P/c1-28-24(27)23(22(26)17-18-25)29(19-11-5-2-6-12-19,20-13-7-3-8-14-20)21-15-9-4-10-16-21/h2-16H,17-18H2,1H3.